The molecule has 1 saturated carbocycles. The lowest BCUT2D eigenvalue weighted by Crippen LogP contribution is -2.31. The van der Waals surface area contributed by atoms with Gasteiger partial charge in [0.05, 0.1) is 0 Å². The van der Waals surface area contributed by atoms with Crippen molar-refractivity contribution < 1.29 is 0 Å². The van der Waals surface area contributed by atoms with Gasteiger partial charge in [-0.25, -0.2) is 0 Å². The van der Waals surface area contributed by atoms with Gasteiger partial charge in [0.1, 0.15) is 0 Å². The first-order valence-electron chi connectivity index (χ1n) is 6.27. The second kappa shape index (κ2) is 4.97. The Labute approximate surface area is 88.0 Å². The van der Waals surface area contributed by atoms with Crippen LogP contribution in [0.15, 0.2) is 11.6 Å². The highest BCUT2D eigenvalue weighted by molar-refractivity contribution is 5.07. The SMILES string of the molecule is CC1CCCC1NCCC1=CCCC1. The van der Waals surface area contributed by atoms with Crippen molar-refractivity contribution in [1.82, 2.24) is 5.32 Å². The van der Waals surface area contributed by atoms with E-state index in [4.69, 9.17) is 0 Å². The molecule has 2 rings (SSSR count). The normalized spacial score (nSPS) is 32.2. The van der Waals surface area contributed by atoms with Crippen molar-refractivity contribution >= 4 is 0 Å². The molecule has 0 aromatic heterocycles. The van der Waals surface area contributed by atoms with Gasteiger partial charge in [-0.3, -0.25) is 0 Å². The standard InChI is InChI=1S/C13H23N/c1-11-5-4-8-13(11)14-10-9-12-6-2-3-7-12/h6,11,13-14H,2-5,7-10H2,1H3. The molecule has 0 aromatic carbocycles. The van der Waals surface area contributed by atoms with Crippen molar-refractivity contribution in [2.75, 3.05) is 6.54 Å². The highest BCUT2D eigenvalue weighted by Crippen LogP contribution is 2.25. The zero-order valence-electron chi connectivity index (χ0n) is 9.39. The average Bonchev–Trinajstić information content (AvgIpc) is 2.78. The second-order valence-electron chi connectivity index (χ2n) is 4.97. The molecule has 0 aliphatic heterocycles. The highest BCUT2D eigenvalue weighted by Gasteiger charge is 2.22. The zero-order valence-corrected chi connectivity index (χ0v) is 9.39. The van der Waals surface area contributed by atoms with Crippen LogP contribution >= 0.6 is 0 Å². The maximum atomic E-state index is 3.72. The summed E-state index contributed by atoms with van der Waals surface area (Å²) < 4.78 is 0. The lowest BCUT2D eigenvalue weighted by atomic mass is 10.1. The van der Waals surface area contributed by atoms with Gasteiger partial charge in [-0.2, -0.15) is 0 Å². The Morgan fingerprint density at radius 3 is 2.93 bits per heavy atom. The van der Waals surface area contributed by atoms with E-state index >= 15 is 0 Å². The molecule has 0 amide bonds. The van der Waals surface area contributed by atoms with Crippen LogP contribution in [-0.2, 0) is 0 Å². The molecular weight excluding hydrogens is 170 g/mol. The molecule has 1 heteroatoms. The largest absolute Gasteiger partial charge is 0.313 e. The Hall–Kier alpha value is -0.300. The first-order valence-corrected chi connectivity index (χ1v) is 6.27. The molecule has 0 saturated heterocycles. The summed E-state index contributed by atoms with van der Waals surface area (Å²) in [6.07, 6.45) is 12.1. The molecular formula is C13H23N. The minimum Gasteiger partial charge on any atom is -0.313 e. The monoisotopic (exact) mass is 193 g/mol. The van der Waals surface area contributed by atoms with E-state index in [0.717, 1.165) is 12.0 Å². The third-order valence-electron chi connectivity index (χ3n) is 3.85. The third kappa shape index (κ3) is 2.60. The topological polar surface area (TPSA) is 12.0 Å². The molecule has 0 aromatic rings. The van der Waals surface area contributed by atoms with E-state index in [-0.39, 0.29) is 0 Å². The average molecular weight is 193 g/mol. The Morgan fingerprint density at radius 1 is 1.36 bits per heavy atom. The Bertz CT molecular complexity index is 207. The fourth-order valence-electron chi connectivity index (χ4n) is 2.83. The fourth-order valence-corrected chi connectivity index (χ4v) is 2.83. The van der Waals surface area contributed by atoms with Crippen LogP contribution in [0.2, 0.25) is 0 Å². The molecule has 1 fully saturated rings. The van der Waals surface area contributed by atoms with Gasteiger partial charge in [-0.1, -0.05) is 25.0 Å². The van der Waals surface area contributed by atoms with Crippen molar-refractivity contribution in [2.24, 2.45) is 5.92 Å². The van der Waals surface area contributed by atoms with Crippen LogP contribution in [0.1, 0.15) is 51.9 Å². The zero-order chi connectivity index (χ0) is 9.80. The number of nitrogens with one attached hydrogen (secondary N) is 1. The van der Waals surface area contributed by atoms with E-state index in [1.807, 2.05) is 0 Å². The molecule has 2 aliphatic carbocycles. The van der Waals surface area contributed by atoms with Gasteiger partial charge in [-0.15, -0.1) is 0 Å². The summed E-state index contributed by atoms with van der Waals surface area (Å²) in [5.41, 5.74) is 1.70. The number of hydrogen-bond acceptors (Lipinski definition) is 1. The second-order valence-corrected chi connectivity index (χ2v) is 4.97. The Kier molecular flexibility index (Phi) is 3.63. The van der Waals surface area contributed by atoms with E-state index in [1.165, 1.54) is 51.5 Å². The van der Waals surface area contributed by atoms with Crippen LogP contribution in [0.4, 0.5) is 0 Å². The molecule has 80 valence electrons. The maximum absolute atomic E-state index is 3.72. The molecule has 2 unspecified atom stereocenters. The lowest BCUT2D eigenvalue weighted by molar-refractivity contribution is 0.429. The molecule has 0 radical (unpaired) electrons. The van der Waals surface area contributed by atoms with E-state index in [2.05, 4.69) is 18.3 Å². The summed E-state index contributed by atoms with van der Waals surface area (Å²) in [7, 11) is 0. The number of hydrogen-bond donors (Lipinski definition) is 1. The van der Waals surface area contributed by atoms with Crippen LogP contribution in [0.3, 0.4) is 0 Å². The quantitative estimate of drug-likeness (QED) is 0.676. The van der Waals surface area contributed by atoms with Gasteiger partial charge in [0.25, 0.3) is 0 Å². The lowest BCUT2D eigenvalue weighted by Gasteiger charge is -2.17. The smallest absolute Gasteiger partial charge is 0.00928 e. The van der Waals surface area contributed by atoms with Gasteiger partial charge < -0.3 is 5.32 Å². The summed E-state index contributed by atoms with van der Waals surface area (Å²) in [6.45, 7) is 3.60. The number of allylic oxidation sites excluding steroid dienone is 1. The third-order valence-corrected chi connectivity index (χ3v) is 3.85. The summed E-state index contributed by atoms with van der Waals surface area (Å²) >= 11 is 0. The molecule has 0 bridgehead atoms. The molecule has 1 N–H and O–H groups in total. The van der Waals surface area contributed by atoms with Crippen molar-refractivity contribution in [3.05, 3.63) is 11.6 Å². The van der Waals surface area contributed by atoms with E-state index in [0.29, 0.717) is 0 Å². The summed E-state index contributed by atoms with van der Waals surface area (Å²) in [5, 5.41) is 3.72. The predicted molar refractivity (Wildman–Crippen MR) is 61.4 cm³/mol. The van der Waals surface area contributed by atoms with Gasteiger partial charge in [0, 0.05) is 6.04 Å². The Morgan fingerprint density at radius 2 is 2.29 bits per heavy atom. The molecule has 14 heavy (non-hydrogen) atoms. The van der Waals surface area contributed by atoms with E-state index < -0.39 is 0 Å². The van der Waals surface area contributed by atoms with Gasteiger partial charge in [0.15, 0.2) is 0 Å². The van der Waals surface area contributed by atoms with Crippen molar-refractivity contribution in [3.8, 4) is 0 Å². The van der Waals surface area contributed by atoms with Gasteiger partial charge in [0.2, 0.25) is 0 Å². The first-order chi connectivity index (χ1) is 6.86. The summed E-state index contributed by atoms with van der Waals surface area (Å²) in [5.74, 6) is 0.910. The van der Waals surface area contributed by atoms with Crippen LogP contribution in [-0.4, -0.2) is 12.6 Å². The fraction of sp³-hybridized carbons (Fsp3) is 0.846. The summed E-state index contributed by atoms with van der Waals surface area (Å²) in [6, 6.07) is 0.817. The summed E-state index contributed by atoms with van der Waals surface area (Å²) in [4.78, 5) is 0. The van der Waals surface area contributed by atoms with Crippen molar-refractivity contribution in [2.45, 2.75) is 57.9 Å². The van der Waals surface area contributed by atoms with Crippen molar-refractivity contribution in [3.63, 3.8) is 0 Å². The highest BCUT2D eigenvalue weighted by atomic mass is 14.9. The van der Waals surface area contributed by atoms with Crippen LogP contribution < -0.4 is 5.32 Å². The van der Waals surface area contributed by atoms with Crippen molar-refractivity contribution in [1.29, 1.82) is 0 Å². The predicted octanol–water partition coefficient (Wildman–Crippen LogP) is 3.27. The van der Waals surface area contributed by atoms with Crippen LogP contribution in [0.25, 0.3) is 0 Å². The van der Waals surface area contributed by atoms with E-state index in [9.17, 15) is 0 Å². The molecule has 0 spiro atoms. The van der Waals surface area contributed by atoms with E-state index in [1.54, 1.807) is 5.57 Å². The number of rotatable bonds is 4. The first kappa shape index (κ1) is 10.2. The minimum atomic E-state index is 0.817. The minimum absolute atomic E-state index is 0.817. The molecule has 1 nitrogen and oxygen atoms in total. The van der Waals surface area contributed by atoms with Crippen LogP contribution in [0, 0.1) is 5.92 Å². The molecule has 2 atom stereocenters. The maximum Gasteiger partial charge on any atom is 0.00928 e. The van der Waals surface area contributed by atoms with Gasteiger partial charge in [-0.05, 0) is 51.0 Å². The van der Waals surface area contributed by atoms with Gasteiger partial charge >= 0.3 is 0 Å². The van der Waals surface area contributed by atoms with Crippen LogP contribution in [0.5, 0.6) is 0 Å². The Balaban J connectivity index is 1.62. The molecule has 0 heterocycles. The molecule has 2 aliphatic rings.